The van der Waals surface area contributed by atoms with Crippen molar-refractivity contribution in [1.82, 2.24) is 10.3 Å². The average Bonchev–Trinajstić information content (AvgIpc) is 2.87. The molecule has 0 fully saturated rings. The Labute approximate surface area is 150 Å². The number of methoxy groups -OCH3 is 1. The highest BCUT2D eigenvalue weighted by Gasteiger charge is 2.14. The highest BCUT2D eigenvalue weighted by atomic mass is 35.5. The van der Waals surface area contributed by atoms with Gasteiger partial charge in [-0.15, -0.1) is 23.7 Å². The van der Waals surface area contributed by atoms with Crippen LogP contribution < -0.4 is 11.1 Å². The molecule has 0 aliphatic rings. The summed E-state index contributed by atoms with van der Waals surface area (Å²) in [6.45, 7) is 2.55. The number of carbonyl (C=O) groups is 1. The summed E-state index contributed by atoms with van der Waals surface area (Å²) in [7, 11) is 1.51. The van der Waals surface area contributed by atoms with E-state index in [0.29, 0.717) is 11.6 Å². The summed E-state index contributed by atoms with van der Waals surface area (Å²) in [5.41, 5.74) is 7.58. The lowest BCUT2D eigenvalue weighted by Gasteiger charge is -2.09. The van der Waals surface area contributed by atoms with E-state index in [9.17, 15) is 4.79 Å². The van der Waals surface area contributed by atoms with Crippen LogP contribution in [0.3, 0.4) is 0 Å². The van der Waals surface area contributed by atoms with Gasteiger partial charge < -0.3 is 15.8 Å². The van der Waals surface area contributed by atoms with Gasteiger partial charge in [-0.1, -0.05) is 23.7 Å². The standard InChI is InChI=1S/C15H18ClN3O2S.ClH/c1-9-14(10-3-5-11(16)6-4-10)19-13(22-9)7-18-15(20)12(17)8-21-2;/h3-6,12H,7-8,17H2,1-2H3,(H,18,20);1H. The smallest absolute Gasteiger partial charge is 0.239 e. The maximum Gasteiger partial charge on any atom is 0.239 e. The topological polar surface area (TPSA) is 77.2 Å². The molecule has 0 saturated heterocycles. The maximum absolute atomic E-state index is 11.8. The van der Waals surface area contributed by atoms with Crippen LogP contribution in [0, 0.1) is 6.92 Å². The van der Waals surface area contributed by atoms with E-state index in [1.165, 1.54) is 7.11 Å². The van der Waals surface area contributed by atoms with E-state index in [1.807, 2.05) is 31.2 Å². The van der Waals surface area contributed by atoms with E-state index in [0.717, 1.165) is 21.1 Å². The number of hydrogen-bond acceptors (Lipinski definition) is 5. The van der Waals surface area contributed by atoms with Gasteiger partial charge in [0, 0.05) is 22.6 Å². The van der Waals surface area contributed by atoms with Crippen LogP contribution in [0.15, 0.2) is 24.3 Å². The second-order valence-corrected chi connectivity index (χ2v) is 6.52. The summed E-state index contributed by atoms with van der Waals surface area (Å²) in [5.74, 6) is -0.247. The SMILES string of the molecule is COCC(N)C(=O)NCc1nc(-c2ccc(Cl)cc2)c(C)s1.Cl. The molecule has 0 aliphatic heterocycles. The predicted octanol–water partition coefficient (Wildman–Crippen LogP) is 2.78. The number of hydrogen-bond donors (Lipinski definition) is 2. The Morgan fingerprint density at radius 2 is 2.09 bits per heavy atom. The monoisotopic (exact) mass is 375 g/mol. The molecular weight excluding hydrogens is 357 g/mol. The van der Waals surface area contributed by atoms with Crippen LogP contribution in [0.5, 0.6) is 0 Å². The van der Waals surface area contributed by atoms with Crippen molar-refractivity contribution in [3.63, 3.8) is 0 Å². The molecule has 0 radical (unpaired) electrons. The number of nitrogens with zero attached hydrogens (tertiary/aromatic N) is 1. The molecule has 0 aliphatic carbocycles. The van der Waals surface area contributed by atoms with Crippen LogP contribution in [-0.2, 0) is 16.1 Å². The zero-order valence-electron chi connectivity index (χ0n) is 12.8. The first-order chi connectivity index (χ1) is 10.5. The minimum Gasteiger partial charge on any atom is -0.383 e. The molecule has 23 heavy (non-hydrogen) atoms. The average molecular weight is 376 g/mol. The van der Waals surface area contributed by atoms with Crippen LogP contribution in [0.1, 0.15) is 9.88 Å². The van der Waals surface area contributed by atoms with Crippen molar-refractivity contribution in [2.24, 2.45) is 5.73 Å². The molecule has 5 nitrogen and oxygen atoms in total. The van der Waals surface area contributed by atoms with Crippen molar-refractivity contribution >= 4 is 41.3 Å². The maximum atomic E-state index is 11.8. The molecule has 2 rings (SSSR count). The second-order valence-electron chi connectivity index (χ2n) is 4.80. The summed E-state index contributed by atoms with van der Waals surface area (Å²) in [4.78, 5) is 17.4. The second kappa shape index (κ2) is 9.20. The Hall–Kier alpha value is -1.18. The number of aryl methyl sites for hydroxylation is 1. The van der Waals surface area contributed by atoms with Crippen molar-refractivity contribution in [2.75, 3.05) is 13.7 Å². The summed E-state index contributed by atoms with van der Waals surface area (Å²) in [6, 6.07) is 6.87. The van der Waals surface area contributed by atoms with E-state index in [2.05, 4.69) is 10.3 Å². The zero-order valence-corrected chi connectivity index (χ0v) is 15.2. The van der Waals surface area contributed by atoms with Crippen LogP contribution in [0.25, 0.3) is 11.3 Å². The number of nitrogens with one attached hydrogen (secondary N) is 1. The third kappa shape index (κ3) is 5.44. The normalized spacial score (nSPS) is 11.7. The number of carbonyl (C=O) groups excluding carboxylic acids is 1. The Morgan fingerprint density at radius 1 is 1.43 bits per heavy atom. The van der Waals surface area contributed by atoms with E-state index in [1.54, 1.807) is 11.3 Å². The summed E-state index contributed by atoms with van der Waals surface area (Å²) in [5, 5.41) is 4.29. The predicted molar refractivity (Wildman–Crippen MR) is 96.2 cm³/mol. The molecule has 0 spiro atoms. The van der Waals surface area contributed by atoms with Crippen molar-refractivity contribution in [3.8, 4) is 11.3 Å². The summed E-state index contributed by atoms with van der Waals surface area (Å²) in [6.07, 6.45) is 0. The van der Waals surface area contributed by atoms with Gasteiger partial charge in [0.15, 0.2) is 0 Å². The number of ether oxygens (including phenoxy) is 1. The minimum absolute atomic E-state index is 0. The van der Waals surface area contributed by atoms with Gasteiger partial charge in [-0.3, -0.25) is 4.79 Å². The van der Waals surface area contributed by atoms with Crippen LogP contribution in [0.2, 0.25) is 5.02 Å². The number of nitrogens with two attached hydrogens (primary N) is 1. The first-order valence-electron chi connectivity index (χ1n) is 6.75. The first kappa shape index (κ1) is 19.9. The largest absolute Gasteiger partial charge is 0.383 e. The molecule has 0 bridgehead atoms. The fourth-order valence-corrected chi connectivity index (χ4v) is 2.97. The van der Waals surface area contributed by atoms with Gasteiger partial charge in [0.2, 0.25) is 5.91 Å². The van der Waals surface area contributed by atoms with Crippen molar-refractivity contribution in [2.45, 2.75) is 19.5 Å². The van der Waals surface area contributed by atoms with Gasteiger partial charge in [-0.25, -0.2) is 4.98 Å². The minimum atomic E-state index is -0.665. The van der Waals surface area contributed by atoms with Gasteiger partial charge in [-0.2, -0.15) is 0 Å². The first-order valence-corrected chi connectivity index (χ1v) is 7.95. The zero-order chi connectivity index (χ0) is 16.1. The fraction of sp³-hybridized carbons (Fsp3) is 0.333. The number of aromatic nitrogens is 1. The van der Waals surface area contributed by atoms with Gasteiger partial charge >= 0.3 is 0 Å². The molecule has 2 aromatic rings. The molecule has 126 valence electrons. The van der Waals surface area contributed by atoms with E-state index in [-0.39, 0.29) is 24.9 Å². The number of amides is 1. The van der Waals surface area contributed by atoms with Crippen LogP contribution in [0.4, 0.5) is 0 Å². The van der Waals surface area contributed by atoms with Crippen molar-refractivity contribution < 1.29 is 9.53 Å². The molecule has 1 aromatic carbocycles. The highest BCUT2D eigenvalue weighted by molar-refractivity contribution is 7.12. The molecule has 8 heteroatoms. The van der Waals surface area contributed by atoms with Crippen molar-refractivity contribution in [3.05, 3.63) is 39.2 Å². The molecule has 1 atom stereocenters. The van der Waals surface area contributed by atoms with Gasteiger partial charge in [-0.05, 0) is 19.1 Å². The molecule has 1 heterocycles. The number of halogens is 2. The number of benzene rings is 1. The Morgan fingerprint density at radius 3 is 2.70 bits per heavy atom. The number of thiazole rings is 1. The third-order valence-corrected chi connectivity index (χ3v) is 4.28. The molecule has 0 saturated carbocycles. The van der Waals surface area contributed by atoms with E-state index in [4.69, 9.17) is 22.1 Å². The lowest BCUT2D eigenvalue weighted by Crippen LogP contribution is -2.43. The lowest BCUT2D eigenvalue weighted by atomic mass is 10.1. The highest BCUT2D eigenvalue weighted by Crippen LogP contribution is 2.28. The Kier molecular flexibility index (Phi) is 7.94. The molecule has 1 amide bonds. The van der Waals surface area contributed by atoms with Crippen LogP contribution >= 0.6 is 35.3 Å². The van der Waals surface area contributed by atoms with Crippen LogP contribution in [-0.4, -0.2) is 30.6 Å². The number of rotatable bonds is 6. The lowest BCUT2D eigenvalue weighted by molar-refractivity contribution is -0.123. The summed E-state index contributed by atoms with van der Waals surface area (Å²) < 4.78 is 4.86. The van der Waals surface area contributed by atoms with Gasteiger partial charge in [0.05, 0.1) is 18.8 Å². The Bertz CT molecular complexity index is 647. The van der Waals surface area contributed by atoms with E-state index >= 15 is 0 Å². The van der Waals surface area contributed by atoms with Gasteiger partial charge in [0.1, 0.15) is 11.0 Å². The molecular formula is C15H19Cl2N3O2S. The Balaban J connectivity index is 0.00000264. The third-order valence-electron chi connectivity index (χ3n) is 3.06. The molecule has 1 unspecified atom stereocenters. The summed E-state index contributed by atoms with van der Waals surface area (Å²) >= 11 is 7.45. The van der Waals surface area contributed by atoms with E-state index < -0.39 is 6.04 Å². The molecule has 1 aromatic heterocycles. The molecule has 3 N–H and O–H groups in total. The van der Waals surface area contributed by atoms with Gasteiger partial charge in [0.25, 0.3) is 0 Å². The van der Waals surface area contributed by atoms with Crippen molar-refractivity contribution in [1.29, 1.82) is 0 Å². The quantitative estimate of drug-likeness (QED) is 0.813. The fourth-order valence-electron chi connectivity index (χ4n) is 1.95.